The van der Waals surface area contributed by atoms with Crippen LogP contribution in [-0.2, 0) is 18.3 Å². The van der Waals surface area contributed by atoms with Gasteiger partial charge in [-0.3, -0.25) is 4.68 Å². The first-order chi connectivity index (χ1) is 13.5. The molecular weight excluding hydrogens is 495 g/mol. The summed E-state index contributed by atoms with van der Waals surface area (Å²) >= 11 is 0. The van der Waals surface area contributed by atoms with Crippen molar-refractivity contribution in [1.29, 1.82) is 0 Å². The fraction of sp³-hybridized carbons (Fsp3) is 0.762. The Hall–Kier alpha value is -1.52. The van der Waals surface area contributed by atoms with Crippen LogP contribution >= 0.6 is 24.0 Å². The van der Waals surface area contributed by atoms with Crippen molar-refractivity contribution < 1.29 is 9.53 Å². The molecule has 3 N–H and O–H groups in total. The van der Waals surface area contributed by atoms with Gasteiger partial charge in [0.2, 0.25) is 0 Å². The van der Waals surface area contributed by atoms with Crippen LogP contribution in [0.3, 0.4) is 0 Å². The molecule has 0 fully saturated rings. The van der Waals surface area contributed by atoms with Gasteiger partial charge < -0.3 is 20.7 Å². The van der Waals surface area contributed by atoms with E-state index in [1.54, 1.807) is 0 Å². The number of aromatic nitrogens is 2. The fourth-order valence-electron chi connectivity index (χ4n) is 3.04. The van der Waals surface area contributed by atoms with Crippen molar-refractivity contribution in [2.75, 3.05) is 13.1 Å². The molecule has 0 radical (unpaired) electrons. The highest BCUT2D eigenvalue weighted by Gasteiger charge is 2.30. The molecular formula is C21H41IN6O2. The number of amides is 1. The van der Waals surface area contributed by atoms with Crippen molar-refractivity contribution in [2.24, 2.45) is 12.0 Å². The summed E-state index contributed by atoms with van der Waals surface area (Å²) in [5.74, 6) is 0.715. The van der Waals surface area contributed by atoms with Gasteiger partial charge in [0, 0.05) is 31.4 Å². The van der Waals surface area contributed by atoms with E-state index in [2.05, 4.69) is 41.8 Å². The Kier molecular flexibility index (Phi) is 11.7. The zero-order valence-corrected chi connectivity index (χ0v) is 22.4. The standard InChI is InChI=1S/C21H40N6O2.HI/c1-10-21(11-2,25-19(28)29-20(6,7)8)14-24-18(22-12-3)23-13-17-15(4)26-27(9)16(17)5;/h10-14H2,1-9H3,(H,25,28)(H2,22,23,24);1H. The van der Waals surface area contributed by atoms with Gasteiger partial charge in [-0.1, -0.05) is 13.8 Å². The molecule has 1 heterocycles. The van der Waals surface area contributed by atoms with Crippen LogP contribution in [0.4, 0.5) is 4.79 Å². The summed E-state index contributed by atoms with van der Waals surface area (Å²) in [6, 6.07) is 0. The van der Waals surface area contributed by atoms with Crippen LogP contribution < -0.4 is 16.0 Å². The molecule has 0 aliphatic rings. The van der Waals surface area contributed by atoms with E-state index < -0.39 is 17.2 Å². The van der Waals surface area contributed by atoms with Gasteiger partial charge in [0.05, 0.1) is 17.8 Å². The Bertz CT molecular complexity index is 705. The van der Waals surface area contributed by atoms with Gasteiger partial charge in [-0.15, -0.1) is 24.0 Å². The molecule has 0 aliphatic heterocycles. The summed E-state index contributed by atoms with van der Waals surface area (Å²) in [4.78, 5) is 17.1. The molecule has 9 heteroatoms. The summed E-state index contributed by atoms with van der Waals surface area (Å²) in [6.07, 6.45) is 1.15. The Labute approximate surface area is 199 Å². The van der Waals surface area contributed by atoms with E-state index in [1.165, 1.54) is 0 Å². The van der Waals surface area contributed by atoms with Crippen molar-refractivity contribution in [3.63, 3.8) is 0 Å². The summed E-state index contributed by atoms with van der Waals surface area (Å²) < 4.78 is 7.33. The lowest BCUT2D eigenvalue weighted by Gasteiger charge is -2.34. The third-order valence-electron chi connectivity index (χ3n) is 5.11. The van der Waals surface area contributed by atoms with Gasteiger partial charge in [0.1, 0.15) is 5.60 Å². The minimum atomic E-state index is -0.527. The van der Waals surface area contributed by atoms with E-state index in [0.717, 1.165) is 36.3 Å². The van der Waals surface area contributed by atoms with Gasteiger partial charge >= 0.3 is 6.09 Å². The number of carbonyl (C=O) groups excluding carboxylic acids is 1. The highest BCUT2D eigenvalue weighted by molar-refractivity contribution is 14.0. The summed E-state index contributed by atoms with van der Waals surface area (Å²) in [5, 5.41) is 14.2. The van der Waals surface area contributed by atoms with Crippen LogP contribution in [-0.4, -0.2) is 46.1 Å². The molecule has 0 bridgehead atoms. The molecule has 174 valence electrons. The van der Waals surface area contributed by atoms with Gasteiger partial charge in [0.15, 0.2) is 5.96 Å². The molecule has 8 nitrogen and oxygen atoms in total. The number of aryl methyl sites for hydroxylation is 2. The number of hydrogen-bond acceptors (Lipinski definition) is 4. The zero-order valence-electron chi connectivity index (χ0n) is 20.1. The number of aliphatic imine (C=N–C) groups is 1. The minimum absolute atomic E-state index is 0. The van der Waals surface area contributed by atoms with Gasteiger partial charge in [0.25, 0.3) is 0 Å². The molecule has 1 amide bonds. The van der Waals surface area contributed by atoms with Crippen LogP contribution in [0, 0.1) is 13.8 Å². The Morgan fingerprint density at radius 3 is 2.17 bits per heavy atom. The number of hydrogen-bond donors (Lipinski definition) is 3. The molecule has 0 saturated heterocycles. The van der Waals surface area contributed by atoms with Crippen LogP contribution in [0.1, 0.15) is 71.3 Å². The SMILES string of the molecule is CCNC(=NCc1c(C)nn(C)c1C)NCC(CC)(CC)NC(=O)OC(C)(C)C.I. The van der Waals surface area contributed by atoms with Gasteiger partial charge in [-0.2, -0.15) is 5.10 Å². The first-order valence-electron chi connectivity index (χ1n) is 10.5. The maximum Gasteiger partial charge on any atom is 0.408 e. The molecule has 0 aliphatic carbocycles. The van der Waals surface area contributed by atoms with Gasteiger partial charge in [-0.25, -0.2) is 9.79 Å². The number of rotatable bonds is 8. The predicted molar refractivity (Wildman–Crippen MR) is 134 cm³/mol. The monoisotopic (exact) mass is 536 g/mol. The first-order valence-corrected chi connectivity index (χ1v) is 10.5. The number of guanidine groups is 1. The van der Waals surface area contributed by atoms with Crippen molar-refractivity contribution in [1.82, 2.24) is 25.7 Å². The van der Waals surface area contributed by atoms with E-state index in [9.17, 15) is 4.79 Å². The molecule has 1 aromatic heterocycles. The van der Waals surface area contributed by atoms with E-state index in [-0.39, 0.29) is 24.0 Å². The number of alkyl carbamates (subject to hydrolysis) is 1. The first kappa shape index (κ1) is 28.5. The Morgan fingerprint density at radius 2 is 1.73 bits per heavy atom. The van der Waals surface area contributed by atoms with Crippen LogP contribution in [0.25, 0.3) is 0 Å². The number of ether oxygens (including phenoxy) is 1. The average molecular weight is 537 g/mol. The van der Waals surface area contributed by atoms with E-state index >= 15 is 0 Å². The highest BCUT2D eigenvalue weighted by Crippen LogP contribution is 2.17. The molecule has 30 heavy (non-hydrogen) atoms. The Balaban J connectivity index is 0.00000841. The third-order valence-corrected chi connectivity index (χ3v) is 5.11. The van der Waals surface area contributed by atoms with Crippen molar-refractivity contribution in [3.8, 4) is 0 Å². The van der Waals surface area contributed by atoms with E-state index in [0.29, 0.717) is 19.0 Å². The normalized spacial score (nSPS) is 12.2. The molecule has 1 aromatic rings. The topological polar surface area (TPSA) is 92.6 Å². The average Bonchev–Trinajstić information content (AvgIpc) is 2.86. The summed E-state index contributed by atoms with van der Waals surface area (Å²) in [5.41, 5.74) is 2.30. The minimum Gasteiger partial charge on any atom is -0.444 e. The second-order valence-corrected chi connectivity index (χ2v) is 8.44. The second kappa shape index (κ2) is 12.4. The second-order valence-electron chi connectivity index (χ2n) is 8.44. The molecule has 1 rings (SSSR count). The number of nitrogens with one attached hydrogen (secondary N) is 3. The zero-order chi connectivity index (χ0) is 22.2. The van der Waals surface area contributed by atoms with Crippen LogP contribution in [0.2, 0.25) is 0 Å². The number of halogens is 1. The van der Waals surface area contributed by atoms with Gasteiger partial charge in [-0.05, 0) is 54.4 Å². The predicted octanol–water partition coefficient (Wildman–Crippen LogP) is 3.79. The highest BCUT2D eigenvalue weighted by atomic mass is 127. The molecule has 0 saturated carbocycles. The lowest BCUT2D eigenvalue weighted by Crippen LogP contribution is -2.57. The number of carbonyl (C=O) groups is 1. The molecule has 0 unspecified atom stereocenters. The molecule has 0 aromatic carbocycles. The lowest BCUT2D eigenvalue weighted by molar-refractivity contribution is 0.0448. The molecule has 0 spiro atoms. The van der Waals surface area contributed by atoms with E-state index in [1.807, 2.05) is 46.3 Å². The smallest absolute Gasteiger partial charge is 0.408 e. The number of nitrogens with zero attached hydrogens (tertiary/aromatic N) is 3. The maximum atomic E-state index is 12.3. The maximum absolute atomic E-state index is 12.3. The summed E-state index contributed by atoms with van der Waals surface area (Å²) in [7, 11) is 1.94. The summed E-state index contributed by atoms with van der Waals surface area (Å²) in [6.45, 7) is 17.7. The molecule has 0 atom stereocenters. The van der Waals surface area contributed by atoms with Crippen LogP contribution in [0.15, 0.2) is 4.99 Å². The Morgan fingerprint density at radius 1 is 1.13 bits per heavy atom. The van der Waals surface area contributed by atoms with Crippen molar-refractivity contribution >= 4 is 36.0 Å². The lowest BCUT2D eigenvalue weighted by atomic mass is 9.93. The van der Waals surface area contributed by atoms with E-state index in [4.69, 9.17) is 9.73 Å². The third kappa shape index (κ3) is 8.69. The largest absolute Gasteiger partial charge is 0.444 e. The van der Waals surface area contributed by atoms with Crippen molar-refractivity contribution in [3.05, 3.63) is 17.0 Å². The van der Waals surface area contributed by atoms with Crippen molar-refractivity contribution in [2.45, 2.75) is 85.9 Å². The quantitative estimate of drug-likeness (QED) is 0.267. The van der Waals surface area contributed by atoms with Crippen LogP contribution in [0.5, 0.6) is 0 Å². The fourth-order valence-corrected chi connectivity index (χ4v) is 3.04.